The summed E-state index contributed by atoms with van der Waals surface area (Å²) >= 11 is 0. The summed E-state index contributed by atoms with van der Waals surface area (Å²) < 4.78 is 12.3. The van der Waals surface area contributed by atoms with Crippen LogP contribution in [0.3, 0.4) is 0 Å². The number of hydrogen-bond donors (Lipinski definition) is 0. The normalized spacial score (nSPS) is 11.5. The summed E-state index contributed by atoms with van der Waals surface area (Å²) in [7, 11) is 0. The molecule has 9 rings (SSSR count). The summed E-state index contributed by atoms with van der Waals surface area (Å²) in [5.41, 5.74) is 13.2. The molecule has 7 aromatic carbocycles. The quantitative estimate of drug-likeness (QED) is 0.206. The van der Waals surface area contributed by atoms with E-state index in [9.17, 15) is 5.26 Å². The van der Waals surface area contributed by atoms with E-state index >= 15 is 0 Å². The summed E-state index contributed by atoms with van der Waals surface area (Å²) in [4.78, 5) is 0. The van der Waals surface area contributed by atoms with Crippen LogP contribution in [0.25, 0.3) is 88.4 Å². The van der Waals surface area contributed by atoms with Gasteiger partial charge in [-0.2, -0.15) is 5.26 Å². The predicted octanol–water partition coefficient (Wildman–Crippen LogP) is 12.0. The Kier molecular flexibility index (Phi) is 5.88. The number of benzene rings is 7. The molecule has 0 radical (unpaired) electrons. The van der Waals surface area contributed by atoms with Crippen LogP contribution in [0.2, 0.25) is 0 Å². The molecule has 46 heavy (non-hydrogen) atoms. The predicted molar refractivity (Wildman–Crippen MR) is 187 cm³/mol. The van der Waals surface area contributed by atoms with Gasteiger partial charge in [0.05, 0.1) is 11.6 Å². The third kappa shape index (κ3) is 4.36. The average Bonchev–Trinajstić information content (AvgIpc) is 3.69. The minimum absolute atomic E-state index is 0.660. The Bertz CT molecular complexity index is 2500. The second kappa shape index (κ2) is 10.4. The maximum absolute atomic E-state index is 9.19. The van der Waals surface area contributed by atoms with E-state index in [0.29, 0.717) is 5.56 Å². The molecule has 0 fully saturated rings. The molecule has 0 amide bonds. The molecule has 2 heterocycles. The summed E-state index contributed by atoms with van der Waals surface area (Å²) in [5.74, 6) is 0. The highest BCUT2D eigenvalue weighted by atomic mass is 16.3. The Morgan fingerprint density at radius 2 is 0.696 bits per heavy atom. The van der Waals surface area contributed by atoms with E-state index in [2.05, 4.69) is 109 Å². The van der Waals surface area contributed by atoms with E-state index in [1.807, 2.05) is 48.5 Å². The van der Waals surface area contributed by atoms with Crippen molar-refractivity contribution in [2.75, 3.05) is 0 Å². The van der Waals surface area contributed by atoms with Crippen LogP contribution in [0.1, 0.15) is 5.56 Å². The molecule has 3 heteroatoms. The average molecular weight is 588 g/mol. The fraction of sp³-hybridized carbons (Fsp3) is 0. The van der Waals surface area contributed by atoms with E-state index in [1.54, 1.807) is 0 Å². The van der Waals surface area contributed by atoms with Crippen molar-refractivity contribution in [2.45, 2.75) is 0 Å². The lowest BCUT2D eigenvalue weighted by molar-refractivity contribution is 0.668. The Hall–Kier alpha value is -6.37. The highest BCUT2D eigenvalue weighted by molar-refractivity contribution is 6.07. The zero-order valence-corrected chi connectivity index (χ0v) is 24.7. The van der Waals surface area contributed by atoms with Gasteiger partial charge in [0.1, 0.15) is 22.3 Å². The van der Waals surface area contributed by atoms with Crippen molar-refractivity contribution in [2.24, 2.45) is 0 Å². The molecule has 0 saturated carbocycles. The highest BCUT2D eigenvalue weighted by Gasteiger charge is 2.13. The molecule has 0 aliphatic rings. The number of fused-ring (bicyclic) bond motifs is 6. The van der Waals surface area contributed by atoms with Gasteiger partial charge in [-0.05, 0) is 111 Å². The number of nitriles is 1. The van der Waals surface area contributed by atoms with Crippen LogP contribution in [0, 0.1) is 11.3 Å². The van der Waals surface area contributed by atoms with Gasteiger partial charge in [-0.3, -0.25) is 0 Å². The number of rotatable bonds is 4. The minimum atomic E-state index is 0.660. The number of hydrogen-bond acceptors (Lipinski definition) is 3. The zero-order chi connectivity index (χ0) is 30.6. The zero-order valence-electron chi connectivity index (χ0n) is 24.7. The monoisotopic (exact) mass is 587 g/mol. The SMILES string of the molecule is N#Cc1ccc(-c2ccc(-c3cc(-c4ccc5oc6ccccc6c5c4)cc(-c4ccc5oc6ccccc6c5c4)c3)cc2)cc1. The van der Waals surface area contributed by atoms with Gasteiger partial charge < -0.3 is 8.83 Å². The second-order valence-corrected chi connectivity index (χ2v) is 11.7. The topological polar surface area (TPSA) is 50.1 Å². The van der Waals surface area contributed by atoms with Crippen LogP contribution >= 0.6 is 0 Å². The maximum atomic E-state index is 9.19. The first-order valence-electron chi connectivity index (χ1n) is 15.3. The molecule has 9 aromatic rings. The Morgan fingerprint density at radius 3 is 1.17 bits per heavy atom. The number of nitrogens with zero attached hydrogens (tertiary/aromatic N) is 1. The third-order valence-electron chi connectivity index (χ3n) is 8.92. The molecule has 0 atom stereocenters. The molecule has 0 aliphatic carbocycles. The smallest absolute Gasteiger partial charge is 0.135 e. The van der Waals surface area contributed by atoms with Crippen LogP contribution in [-0.2, 0) is 0 Å². The molecule has 0 aliphatic heterocycles. The van der Waals surface area contributed by atoms with Gasteiger partial charge in [0.25, 0.3) is 0 Å². The van der Waals surface area contributed by atoms with Crippen molar-refractivity contribution in [3.05, 3.63) is 157 Å². The van der Waals surface area contributed by atoms with Crippen LogP contribution in [0.5, 0.6) is 0 Å². The Labute approximate surface area is 265 Å². The van der Waals surface area contributed by atoms with Gasteiger partial charge in [-0.15, -0.1) is 0 Å². The van der Waals surface area contributed by atoms with Crippen LogP contribution < -0.4 is 0 Å². The lowest BCUT2D eigenvalue weighted by Crippen LogP contribution is -1.87. The maximum Gasteiger partial charge on any atom is 0.135 e. The van der Waals surface area contributed by atoms with Crippen molar-refractivity contribution in [1.29, 1.82) is 5.26 Å². The van der Waals surface area contributed by atoms with E-state index in [4.69, 9.17) is 8.83 Å². The van der Waals surface area contributed by atoms with E-state index in [0.717, 1.165) is 88.4 Å². The highest BCUT2D eigenvalue weighted by Crippen LogP contribution is 2.38. The molecule has 214 valence electrons. The van der Waals surface area contributed by atoms with Crippen molar-refractivity contribution < 1.29 is 8.83 Å². The van der Waals surface area contributed by atoms with Crippen LogP contribution in [-0.4, -0.2) is 0 Å². The van der Waals surface area contributed by atoms with Crippen molar-refractivity contribution in [3.63, 3.8) is 0 Å². The molecule has 0 N–H and O–H groups in total. The van der Waals surface area contributed by atoms with Gasteiger partial charge in [-0.25, -0.2) is 0 Å². The van der Waals surface area contributed by atoms with Gasteiger partial charge in [0, 0.05) is 21.5 Å². The third-order valence-corrected chi connectivity index (χ3v) is 8.92. The first-order valence-corrected chi connectivity index (χ1v) is 15.3. The molecule has 3 nitrogen and oxygen atoms in total. The standard InChI is InChI=1S/C43H25NO2/c44-26-27-9-11-28(12-10-27)29-13-15-30(16-14-29)33-21-34(31-17-19-42-38(24-31)36-5-1-3-7-40(36)45-42)23-35(22-33)32-18-20-43-39(25-32)37-6-2-4-8-41(37)46-43/h1-25H. The molecule has 0 bridgehead atoms. The number of furan rings is 2. The number of para-hydroxylation sites is 2. The second-order valence-electron chi connectivity index (χ2n) is 11.7. The van der Waals surface area contributed by atoms with Crippen molar-refractivity contribution in [3.8, 4) is 50.6 Å². The molecular formula is C43H25NO2. The van der Waals surface area contributed by atoms with Crippen LogP contribution in [0.4, 0.5) is 0 Å². The molecule has 0 saturated heterocycles. The Balaban J connectivity index is 1.20. The summed E-state index contributed by atoms with van der Waals surface area (Å²) in [6.45, 7) is 0. The lowest BCUT2D eigenvalue weighted by atomic mass is 9.91. The van der Waals surface area contributed by atoms with Crippen LogP contribution in [0.15, 0.2) is 160 Å². The first kappa shape index (κ1) is 26.1. The largest absolute Gasteiger partial charge is 0.456 e. The lowest BCUT2D eigenvalue weighted by Gasteiger charge is -2.12. The first-order chi connectivity index (χ1) is 22.7. The Morgan fingerprint density at radius 1 is 0.326 bits per heavy atom. The molecule has 0 unspecified atom stereocenters. The minimum Gasteiger partial charge on any atom is -0.456 e. The molecule has 0 spiro atoms. The molecular weight excluding hydrogens is 562 g/mol. The molecule has 2 aromatic heterocycles. The summed E-state index contributed by atoms with van der Waals surface area (Å²) in [6.07, 6.45) is 0. The van der Waals surface area contributed by atoms with E-state index in [-0.39, 0.29) is 0 Å². The van der Waals surface area contributed by atoms with Gasteiger partial charge in [0.2, 0.25) is 0 Å². The van der Waals surface area contributed by atoms with E-state index < -0.39 is 0 Å². The fourth-order valence-electron chi connectivity index (χ4n) is 6.53. The fourth-order valence-corrected chi connectivity index (χ4v) is 6.53. The van der Waals surface area contributed by atoms with Crippen molar-refractivity contribution in [1.82, 2.24) is 0 Å². The summed E-state index contributed by atoms with van der Waals surface area (Å²) in [6, 6.07) is 54.7. The van der Waals surface area contributed by atoms with Gasteiger partial charge in [-0.1, -0.05) is 84.9 Å². The summed E-state index contributed by atoms with van der Waals surface area (Å²) in [5, 5.41) is 13.6. The van der Waals surface area contributed by atoms with Gasteiger partial charge in [0.15, 0.2) is 0 Å². The van der Waals surface area contributed by atoms with Crippen molar-refractivity contribution >= 4 is 43.9 Å². The van der Waals surface area contributed by atoms with Gasteiger partial charge >= 0.3 is 0 Å². The van der Waals surface area contributed by atoms with E-state index in [1.165, 1.54) is 0 Å².